The van der Waals surface area contributed by atoms with E-state index in [9.17, 15) is 4.79 Å². The number of aliphatic hydroxyl groups excluding tert-OH is 4. The van der Waals surface area contributed by atoms with Gasteiger partial charge >= 0.3 is 0 Å². The zero-order valence-corrected chi connectivity index (χ0v) is 5.21. The smallest absolute Gasteiger partial charge is 0.151 e. The monoisotopic (exact) mass is 151 g/mol. The van der Waals surface area contributed by atoms with E-state index in [0.29, 0.717) is 0 Å². The second kappa shape index (κ2) is 4.35. The van der Waals surface area contributed by atoms with Crippen LogP contribution in [0.5, 0.6) is 0 Å². The van der Waals surface area contributed by atoms with Gasteiger partial charge < -0.3 is 25.2 Å². The summed E-state index contributed by atoms with van der Waals surface area (Å²) in [5, 5.41) is 34.1. The van der Waals surface area contributed by atoms with Gasteiger partial charge in [-0.1, -0.05) is 0 Å². The normalized spacial score (nSPS) is 19.6. The summed E-state index contributed by atoms with van der Waals surface area (Å²) >= 11 is 0. The summed E-state index contributed by atoms with van der Waals surface area (Å²) in [6.07, 6.45) is -4.63. The Kier molecular flexibility index (Phi) is 4.13. The lowest BCUT2D eigenvalue weighted by Crippen LogP contribution is -2.40. The third kappa shape index (κ3) is 2.40. The number of rotatable bonds is 4. The second-order valence-electron chi connectivity index (χ2n) is 1.87. The van der Waals surface area contributed by atoms with Crippen LogP contribution in [0.25, 0.3) is 0 Å². The number of aldehydes is 1. The van der Waals surface area contributed by atoms with Gasteiger partial charge in [0.25, 0.3) is 0 Å². The molecule has 0 saturated heterocycles. The van der Waals surface area contributed by atoms with E-state index in [1.807, 2.05) is 0 Å². The van der Waals surface area contributed by atoms with Crippen molar-refractivity contribution in [1.29, 1.82) is 0 Å². The van der Waals surface area contributed by atoms with Gasteiger partial charge in [0, 0.05) is 0 Å². The van der Waals surface area contributed by atoms with Crippen molar-refractivity contribution >= 4 is 6.29 Å². The van der Waals surface area contributed by atoms with Gasteiger partial charge in [0.1, 0.15) is 18.3 Å². The summed E-state index contributed by atoms with van der Waals surface area (Å²) in [7, 11) is 0. The molecule has 0 aromatic carbocycles. The highest BCUT2D eigenvalue weighted by molar-refractivity contribution is 5.56. The fourth-order valence-electron chi connectivity index (χ4n) is 0.416. The molecule has 0 aromatic rings. The van der Waals surface area contributed by atoms with E-state index in [1.165, 1.54) is 0 Å². The molecule has 5 nitrogen and oxygen atoms in total. The summed E-state index contributed by atoms with van der Waals surface area (Å²) in [6.45, 7) is -0.688. The van der Waals surface area contributed by atoms with Gasteiger partial charge in [-0.25, -0.2) is 0 Å². The van der Waals surface area contributed by atoms with Gasteiger partial charge in [0.05, 0.1) is 6.61 Å². The van der Waals surface area contributed by atoms with Gasteiger partial charge in [-0.3, -0.25) is 0 Å². The predicted molar refractivity (Wildman–Crippen MR) is 31.2 cm³/mol. The molecule has 0 rings (SSSR count). The number of carbonyl (C=O) groups excluding carboxylic acids is 1. The summed E-state index contributed by atoms with van der Waals surface area (Å²) in [5.74, 6) is 0. The lowest BCUT2D eigenvalue weighted by Gasteiger charge is -2.16. The topological polar surface area (TPSA) is 98.0 Å². The largest absolute Gasteiger partial charge is 0.394 e. The van der Waals surface area contributed by atoms with Crippen LogP contribution in [0.2, 0.25) is 0 Å². The Bertz CT molecular complexity index is 104. The van der Waals surface area contributed by atoms with Crippen LogP contribution in [0, 0.1) is 0 Å². The second-order valence-corrected chi connectivity index (χ2v) is 1.87. The van der Waals surface area contributed by atoms with Gasteiger partial charge in [0.15, 0.2) is 6.29 Å². The maximum Gasteiger partial charge on any atom is 0.151 e. The molecule has 0 aliphatic heterocycles. The molecule has 0 spiro atoms. The molecule has 0 saturated carbocycles. The summed E-state index contributed by atoms with van der Waals surface area (Å²) in [4.78, 5) is 9.76. The minimum atomic E-state index is -1.64. The minimum absolute atomic E-state index is 0.0869. The Hall–Kier alpha value is -0.490. The highest BCUT2D eigenvalue weighted by atomic mass is 16.4. The number of carbonyl (C=O) groups is 1. The first-order valence-corrected chi connectivity index (χ1v) is 2.73. The lowest BCUT2D eigenvalue weighted by molar-refractivity contribution is -0.127. The molecule has 4 N–H and O–H groups in total. The van der Waals surface area contributed by atoms with Crippen LogP contribution in [0.1, 0.15) is 0 Å². The molecule has 10 heavy (non-hydrogen) atoms. The van der Waals surface area contributed by atoms with E-state index >= 15 is 0 Å². The Labute approximate surface area is 57.5 Å². The summed E-state index contributed by atoms with van der Waals surface area (Å²) in [5.41, 5.74) is 0. The fraction of sp³-hybridized carbons (Fsp3) is 0.800. The SMILES string of the molecule is O=C[13C@H](O)[C@@H](O)[C@H](O)CO. The van der Waals surface area contributed by atoms with Crippen LogP contribution in [-0.2, 0) is 4.79 Å². The highest BCUT2D eigenvalue weighted by Gasteiger charge is 2.22. The summed E-state index contributed by atoms with van der Waals surface area (Å²) in [6, 6.07) is 0. The maximum absolute atomic E-state index is 9.76. The van der Waals surface area contributed by atoms with Crippen molar-refractivity contribution in [3.8, 4) is 0 Å². The Morgan fingerprint density at radius 2 is 1.80 bits per heavy atom. The fourth-order valence-corrected chi connectivity index (χ4v) is 0.416. The standard InChI is InChI=1S/C5H10O5/c6-1-3(8)5(10)4(9)2-7/h1,3-5,7-10H,2H2/t3-,4+,5+/m0/s1/i3+1. The minimum Gasteiger partial charge on any atom is -0.394 e. The van der Waals surface area contributed by atoms with Gasteiger partial charge in [0.2, 0.25) is 0 Å². The van der Waals surface area contributed by atoms with Crippen molar-refractivity contribution in [1.82, 2.24) is 0 Å². The highest BCUT2D eigenvalue weighted by Crippen LogP contribution is 1.96. The van der Waals surface area contributed by atoms with Crippen LogP contribution in [-0.4, -0.2) is 51.6 Å². The average molecular weight is 151 g/mol. The van der Waals surface area contributed by atoms with Crippen molar-refractivity contribution < 1.29 is 25.2 Å². The van der Waals surface area contributed by atoms with Crippen LogP contribution >= 0.6 is 0 Å². The molecule has 0 radical (unpaired) electrons. The van der Waals surface area contributed by atoms with Crippen LogP contribution in [0.15, 0.2) is 0 Å². The molecule has 5 heteroatoms. The molecule has 3 atom stereocenters. The molecule has 0 fully saturated rings. The van der Waals surface area contributed by atoms with Crippen LogP contribution in [0.4, 0.5) is 0 Å². The van der Waals surface area contributed by atoms with Crippen molar-refractivity contribution in [3.05, 3.63) is 0 Å². The van der Waals surface area contributed by atoms with E-state index in [0.717, 1.165) is 0 Å². The van der Waals surface area contributed by atoms with Crippen LogP contribution in [0.3, 0.4) is 0 Å². The molecule has 60 valence electrons. The molecule has 0 amide bonds. The van der Waals surface area contributed by atoms with E-state index in [4.69, 9.17) is 20.4 Å². The number of aliphatic hydroxyl groups is 4. The molecule has 0 bridgehead atoms. The van der Waals surface area contributed by atoms with Gasteiger partial charge in [-0.15, -0.1) is 0 Å². The van der Waals surface area contributed by atoms with Gasteiger partial charge in [-0.2, -0.15) is 0 Å². The average Bonchev–Trinajstić information content (AvgIpc) is 2.00. The first-order chi connectivity index (χ1) is 4.63. The Morgan fingerprint density at radius 3 is 2.10 bits per heavy atom. The lowest BCUT2D eigenvalue weighted by atomic mass is 10.3. The maximum atomic E-state index is 9.76. The number of hydrogen-bond donors (Lipinski definition) is 4. The Balaban J connectivity index is 3.80. The molecule has 0 aliphatic rings. The summed E-state index contributed by atoms with van der Waals surface area (Å²) < 4.78 is 0. The van der Waals surface area contributed by atoms with E-state index < -0.39 is 24.9 Å². The third-order valence-electron chi connectivity index (χ3n) is 1.07. The number of hydrogen-bond acceptors (Lipinski definition) is 5. The molecule has 0 unspecified atom stereocenters. The van der Waals surface area contributed by atoms with Crippen molar-refractivity contribution in [2.45, 2.75) is 18.3 Å². The van der Waals surface area contributed by atoms with E-state index in [-0.39, 0.29) is 6.29 Å². The first-order valence-electron chi connectivity index (χ1n) is 2.73. The molecular formula is C5H10O5. The predicted octanol–water partition coefficient (Wildman–Crippen LogP) is -2.74. The zero-order valence-electron chi connectivity index (χ0n) is 5.21. The molecular weight excluding hydrogens is 141 g/mol. The van der Waals surface area contributed by atoms with E-state index in [1.54, 1.807) is 0 Å². The van der Waals surface area contributed by atoms with E-state index in [2.05, 4.69) is 0 Å². The van der Waals surface area contributed by atoms with Crippen molar-refractivity contribution in [2.75, 3.05) is 6.61 Å². The quantitative estimate of drug-likeness (QED) is 0.258. The molecule has 0 heterocycles. The Morgan fingerprint density at radius 1 is 1.30 bits per heavy atom. The van der Waals surface area contributed by atoms with Crippen LogP contribution < -0.4 is 0 Å². The van der Waals surface area contributed by atoms with Crippen molar-refractivity contribution in [3.63, 3.8) is 0 Å². The zero-order chi connectivity index (χ0) is 8.15. The van der Waals surface area contributed by atoms with Gasteiger partial charge in [-0.05, 0) is 0 Å². The molecule has 0 aliphatic carbocycles. The van der Waals surface area contributed by atoms with Crippen molar-refractivity contribution in [2.24, 2.45) is 0 Å². The third-order valence-corrected chi connectivity index (χ3v) is 1.07. The molecule has 0 aromatic heterocycles. The first kappa shape index (κ1) is 9.51.